The summed E-state index contributed by atoms with van der Waals surface area (Å²) in [7, 11) is 0. The van der Waals surface area contributed by atoms with E-state index in [1.54, 1.807) is 0 Å². The van der Waals surface area contributed by atoms with Crippen molar-refractivity contribution in [2.75, 3.05) is 0 Å². The summed E-state index contributed by atoms with van der Waals surface area (Å²) >= 11 is 0. The fourth-order valence-electron chi connectivity index (χ4n) is 7.37. The first-order chi connectivity index (χ1) is 9.86. The molecule has 21 heavy (non-hydrogen) atoms. The zero-order valence-electron chi connectivity index (χ0n) is 14.7. The van der Waals surface area contributed by atoms with Crippen molar-refractivity contribution in [1.82, 2.24) is 5.43 Å². The lowest BCUT2D eigenvalue weighted by atomic mass is 9.39. The molecule has 3 atom stereocenters. The van der Waals surface area contributed by atoms with Gasteiger partial charge in [0.05, 0.1) is 0 Å². The third kappa shape index (κ3) is 2.67. The maximum atomic E-state index is 6.09. The van der Waals surface area contributed by atoms with Crippen LogP contribution in [0.5, 0.6) is 0 Å². The average molecular weight is 293 g/mol. The van der Waals surface area contributed by atoms with Gasteiger partial charge in [0.25, 0.3) is 0 Å². The topological polar surface area (TPSA) is 38.0 Å². The molecule has 4 saturated carbocycles. The van der Waals surface area contributed by atoms with Crippen molar-refractivity contribution >= 4 is 0 Å². The molecule has 0 saturated heterocycles. The first kappa shape index (κ1) is 15.8. The number of nitrogens with two attached hydrogens (primary N) is 1. The molecule has 0 spiro atoms. The van der Waals surface area contributed by atoms with Crippen LogP contribution in [0, 0.1) is 28.1 Å². The molecule has 4 bridgehead atoms. The van der Waals surface area contributed by atoms with Crippen LogP contribution >= 0.6 is 0 Å². The van der Waals surface area contributed by atoms with Crippen LogP contribution in [0.3, 0.4) is 0 Å². The van der Waals surface area contributed by atoms with Gasteiger partial charge in [-0.05, 0) is 73.0 Å². The van der Waals surface area contributed by atoms with Gasteiger partial charge in [0.2, 0.25) is 0 Å². The van der Waals surface area contributed by atoms with E-state index < -0.39 is 0 Å². The summed E-state index contributed by atoms with van der Waals surface area (Å²) in [5.74, 6) is 7.89. The number of hydrogen-bond donors (Lipinski definition) is 2. The van der Waals surface area contributed by atoms with Gasteiger partial charge < -0.3 is 0 Å². The van der Waals surface area contributed by atoms with Gasteiger partial charge in [-0.3, -0.25) is 11.3 Å². The quantitative estimate of drug-likeness (QED) is 0.553. The lowest BCUT2D eigenvalue weighted by molar-refractivity contribution is -0.160. The first-order valence-corrected chi connectivity index (χ1v) is 9.32. The highest BCUT2D eigenvalue weighted by Crippen LogP contribution is 2.70. The third-order valence-corrected chi connectivity index (χ3v) is 7.33. The van der Waals surface area contributed by atoms with Crippen molar-refractivity contribution in [3.05, 3.63) is 0 Å². The second-order valence-corrected chi connectivity index (χ2v) is 9.63. The molecule has 4 aliphatic carbocycles. The van der Waals surface area contributed by atoms with Gasteiger partial charge in [0.15, 0.2) is 0 Å². The monoisotopic (exact) mass is 292 g/mol. The molecule has 122 valence electrons. The van der Waals surface area contributed by atoms with Crippen molar-refractivity contribution in [3.63, 3.8) is 0 Å². The predicted molar refractivity (Wildman–Crippen MR) is 89.6 cm³/mol. The molecule has 0 aromatic heterocycles. The Hall–Kier alpha value is -0.0800. The molecule has 0 radical (unpaired) electrons. The molecule has 0 aromatic carbocycles. The van der Waals surface area contributed by atoms with Gasteiger partial charge in [-0.2, -0.15) is 0 Å². The number of nitrogens with one attached hydrogen (secondary N) is 1. The van der Waals surface area contributed by atoms with E-state index in [9.17, 15) is 0 Å². The fourth-order valence-corrected chi connectivity index (χ4v) is 7.37. The third-order valence-electron chi connectivity index (χ3n) is 7.33. The number of rotatable bonds is 6. The minimum absolute atomic E-state index is 0.486. The van der Waals surface area contributed by atoms with E-state index in [4.69, 9.17) is 5.84 Å². The van der Waals surface area contributed by atoms with E-state index in [0.717, 1.165) is 11.8 Å². The normalized spacial score (nSPS) is 46.3. The van der Waals surface area contributed by atoms with E-state index in [-0.39, 0.29) is 0 Å². The highest BCUT2D eigenvalue weighted by Gasteiger charge is 2.61. The van der Waals surface area contributed by atoms with Crippen LogP contribution in [-0.4, -0.2) is 6.04 Å². The molecule has 0 aromatic rings. The maximum absolute atomic E-state index is 6.09. The van der Waals surface area contributed by atoms with Crippen molar-refractivity contribution in [3.8, 4) is 0 Å². The van der Waals surface area contributed by atoms with Crippen LogP contribution in [0.4, 0.5) is 0 Å². The van der Waals surface area contributed by atoms with Crippen LogP contribution in [0.25, 0.3) is 0 Å². The zero-order valence-corrected chi connectivity index (χ0v) is 14.7. The minimum Gasteiger partial charge on any atom is -0.271 e. The molecule has 4 aliphatic rings. The van der Waals surface area contributed by atoms with Crippen LogP contribution in [0.2, 0.25) is 0 Å². The summed E-state index contributed by atoms with van der Waals surface area (Å²) in [6, 6.07) is 0.532. The summed E-state index contributed by atoms with van der Waals surface area (Å²) in [6.45, 7) is 9.80. The summed E-state index contributed by atoms with van der Waals surface area (Å²) in [6.07, 6.45) is 12.6. The Morgan fingerprint density at radius 3 is 2.00 bits per heavy atom. The van der Waals surface area contributed by atoms with Crippen molar-refractivity contribution in [2.45, 2.75) is 91.5 Å². The van der Waals surface area contributed by atoms with E-state index in [2.05, 4.69) is 33.1 Å². The highest BCUT2D eigenvalue weighted by molar-refractivity contribution is 5.13. The molecule has 3 N–H and O–H groups in total. The highest BCUT2D eigenvalue weighted by atomic mass is 15.2. The average Bonchev–Trinajstić information content (AvgIpc) is 2.35. The van der Waals surface area contributed by atoms with Crippen molar-refractivity contribution in [2.24, 2.45) is 33.9 Å². The number of hydrogen-bond acceptors (Lipinski definition) is 2. The molecule has 4 fully saturated rings. The Bertz CT molecular complexity index is 369. The van der Waals surface area contributed by atoms with Gasteiger partial charge in [0, 0.05) is 6.04 Å². The largest absolute Gasteiger partial charge is 0.271 e. The molecule has 3 unspecified atom stereocenters. The van der Waals surface area contributed by atoms with Gasteiger partial charge in [-0.15, -0.1) is 0 Å². The molecule has 4 rings (SSSR count). The van der Waals surface area contributed by atoms with Gasteiger partial charge in [0.1, 0.15) is 0 Å². The summed E-state index contributed by atoms with van der Waals surface area (Å²) in [5.41, 5.74) is 4.97. The molecule has 0 amide bonds. The van der Waals surface area contributed by atoms with Gasteiger partial charge in [-0.1, -0.05) is 40.5 Å². The molecule has 0 aliphatic heterocycles. The number of hydrazine groups is 1. The second-order valence-electron chi connectivity index (χ2n) is 9.63. The Morgan fingerprint density at radius 2 is 1.57 bits per heavy atom. The van der Waals surface area contributed by atoms with E-state index in [1.807, 2.05) is 0 Å². The fraction of sp³-hybridized carbons (Fsp3) is 1.00. The van der Waals surface area contributed by atoms with Gasteiger partial charge >= 0.3 is 0 Å². The van der Waals surface area contributed by atoms with E-state index >= 15 is 0 Å². The Labute approximate surface area is 131 Å². The predicted octanol–water partition coefficient (Wildman–Crippen LogP) is 4.64. The molecule has 0 heterocycles. The van der Waals surface area contributed by atoms with Crippen LogP contribution < -0.4 is 11.3 Å². The molecular formula is C19H36N2. The summed E-state index contributed by atoms with van der Waals surface area (Å²) < 4.78 is 0. The zero-order chi connectivity index (χ0) is 15.3. The van der Waals surface area contributed by atoms with E-state index in [0.29, 0.717) is 22.3 Å². The minimum atomic E-state index is 0.486. The van der Waals surface area contributed by atoms with Crippen LogP contribution in [0.15, 0.2) is 0 Å². The second kappa shape index (κ2) is 5.23. The first-order valence-electron chi connectivity index (χ1n) is 9.32. The molecular weight excluding hydrogens is 256 g/mol. The Balaban J connectivity index is 1.85. The lowest BCUT2D eigenvalue weighted by Gasteiger charge is -2.67. The van der Waals surface area contributed by atoms with Crippen LogP contribution in [0.1, 0.15) is 85.5 Å². The van der Waals surface area contributed by atoms with Crippen LogP contribution in [-0.2, 0) is 0 Å². The Morgan fingerprint density at radius 1 is 1.00 bits per heavy atom. The van der Waals surface area contributed by atoms with E-state index in [1.165, 1.54) is 57.8 Å². The van der Waals surface area contributed by atoms with Crippen molar-refractivity contribution < 1.29 is 0 Å². The standard InChI is InChI=1S/C19H36N2/c1-5-14(6-2)7-16(21-20)19-10-15-8-17(3,12-19)11-18(4,9-15)13-19/h14-16,21H,5-13,20H2,1-4H3. The Kier molecular flexibility index (Phi) is 3.94. The SMILES string of the molecule is CCC(CC)CC(NN)C12CC3CC(C)(CC(C)(C3)C1)C2. The molecule has 2 heteroatoms. The maximum Gasteiger partial charge on any atom is 0.0270 e. The summed E-state index contributed by atoms with van der Waals surface area (Å²) in [5, 5.41) is 0. The summed E-state index contributed by atoms with van der Waals surface area (Å²) in [4.78, 5) is 0. The molecule has 2 nitrogen and oxygen atoms in total. The van der Waals surface area contributed by atoms with Gasteiger partial charge in [-0.25, -0.2) is 0 Å². The van der Waals surface area contributed by atoms with Crippen molar-refractivity contribution in [1.29, 1.82) is 0 Å². The smallest absolute Gasteiger partial charge is 0.0270 e. The lowest BCUT2D eigenvalue weighted by Crippen LogP contribution is -2.62.